The molecule has 0 aliphatic carbocycles. The second-order valence-electron chi connectivity index (χ2n) is 4.76. The van der Waals surface area contributed by atoms with E-state index in [-0.39, 0.29) is 5.54 Å². The van der Waals surface area contributed by atoms with Crippen molar-refractivity contribution >= 4 is 6.09 Å². The molecular weight excluding hydrogens is 192 g/mol. The molecule has 0 bridgehead atoms. The zero-order valence-electron chi connectivity index (χ0n) is 9.33. The van der Waals surface area contributed by atoms with E-state index >= 15 is 0 Å². The third-order valence-electron chi connectivity index (χ3n) is 4.00. The van der Waals surface area contributed by atoms with Gasteiger partial charge in [-0.25, -0.2) is 4.79 Å². The van der Waals surface area contributed by atoms with Gasteiger partial charge in [-0.2, -0.15) is 0 Å². The van der Waals surface area contributed by atoms with Gasteiger partial charge in [-0.3, -0.25) is 0 Å². The fourth-order valence-corrected chi connectivity index (χ4v) is 3.04. The second kappa shape index (κ2) is 4.00. The van der Waals surface area contributed by atoms with Gasteiger partial charge in [-0.05, 0) is 19.4 Å². The average Bonchev–Trinajstić information content (AvgIpc) is 2.66. The number of unbranched alkanes of at least 4 members (excludes halogenated alkanes) is 1. The van der Waals surface area contributed by atoms with E-state index in [2.05, 4.69) is 12.2 Å². The van der Waals surface area contributed by atoms with Crippen LogP contribution in [0.3, 0.4) is 0 Å². The third-order valence-corrected chi connectivity index (χ3v) is 4.00. The van der Waals surface area contributed by atoms with E-state index in [1.54, 1.807) is 4.90 Å². The number of nitrogens with one attached hydrogen (secondary N) is 1. The molecule has 0 aromatic rings. The molecule has 1 amide bonds. The standard InChI is InChI=1S/C11H20N2O2/c1-2-3-4-9-7-13(10(14)15)11(9)5-6-12-8-11/h9,12H,2-8H2,1H3,(H,14,15). The molecule has 0 saturated carbocycles. The summed E-state index contributed by atoms with van der Waals surface area (Å²) in [4.78, 5) is 12.7. The summed E-state index contributed by atoms with van der Waals surface area (Å²) >= 11 is 0. The van der Waals surface area contributed by atoms with Crippen molar-refractivity contribution in [2.24, 2.45) is 5.92 Å². The molecule has 86 valence electrons. The van der Waals surface area contributed by atoms with Crippen molar-refractivity contribution < 1.29 is 9.90 Å². The number of carbonyl (C=O) groups is 1. The first-order valence-corrected chi connectivity index (χ1v) is 5.92. The molecular formula is C11H20N2O2. The molecule has 4 heteroatoms. The Hall–Kier alpha value is -0.770. The van der Waals surface area contributed by atoms with Crippen LogP contribution in [0.5, 0.6) is 0 Å². The lowest BCUT2D eigenvalue weighted by Gasteiger charge is -2.55. The van der Waals surface area contributed by atoms with Gasteiger partial charge in [0.15, 0.2) is 0 Å². The van der Waals surface area contributed by atoms with Gasteiger partial charge in [0.25, 0.3) is 0 Å². The van der Waals surface area contributed by atoms with E-state index in [1.807, 2.05) is 0 Å². The lowest BCUT2D eigenvalue weighted by molar-refractivity contribution is -0.0522. The number of amides is 1. The Morgan fingerprint density at radius 3 is 3.00 bits per heavy atom. The summed E-state index contributed by atoms with van der Waals surface area (Å²) in [5.74, 6) is 0.587. The summed E-state index contributed by atoms with van der Waals surface area (Å²) in [5, 5.41) is 12.4. The highest BCUT2D eigenvalue weighted by atomic mass is 16.4. The molecule has 15 heavy (non-hydrogen) atoms. The van der Waals surface area contributed by atoms with Gasteiger partial charge >= 0.3 is 6.09 Å². The minimum atomic E-state index is -0.744. The van der Waals surface area contributed by atoms with Crippen molar-refractivity contribution in [2.75, 3.05) is 19.6 Å². The Morgan fingerprint density at radius 2 is 2.47 bits per heavy atom. The Balaban J connectivity index is 2.01. The van der Waals surface area contributed by atoms with E-state index in [0.29, 0.717) is 5.92 Å². The van der Waals surface area contributed by atoms with E-state index in [0.717, 1.165) is 26.1 Å². The normalized spacial score (nSPS) is 34.5. The first kappa shape index (κ1) is 10.7. The zero-order valence-corrected chi connectivity index (χ0v) is 9.33. The lowest BCUT2D eigenvalue weighted by atomic mass is 9.71. The van der Waals surface area contributed by atoms with Crippen LogP contribution in [-0.2, 0) is 0 Å². The van der Waals surface area contributed by atoms with Crippen LogP contribution in [0, 0.1) is 5.92 Å². The van der Waals surface area contributed by atoms with Gasteiger partial charge in [-0.1, -0.05) is 19.8 Å². The summed E-state index contributed by atoms with van der Waals surface area (Å²) in [7, 11) is 0. The van der Waals surface area contributed by atoms with Gasteiger partial charge in [0.2, 0.25) is 0 Å². The number of hydrogen-bond donors (Lipinski definition) is 2. The average molecular weight is 212 g/mol. The van der Waals surface area contributed by atoms with Gasteiger partial charge in [-0.15, -0.1) is 0 Å². The third kappa shape index (κ3) is 1.61. The second-order valence-corrected chi connectivity index (χ2v) is 4.76. The first-order valence-electron chi connectivity index (χ1n) is 5.92. The number of rotatable bonds is 3. The van der Waals surface area contributed by atoms with Crippen LogP contribution in [0.15, 0.2) is 0 Å². The Bertz CT molecular complexity index is 249. The molecule has 2 fully saturated rings. The predicted octanol–water partition coefficient (Wildman–Crippen LogP) is 1.52. The van der Waals surface area contributed by atoms with Crippen LogP contribution in [0.2, 0.25) is 0 Å². The van der Waals surface area contributed by atoms with Crippen LogP contribution >= 0.6 is 0 Å². The highest BCUT2D eigenvalue weighted by Crippen LogP contribution is 2.43. The number of carboxylic acid groups (broad SMARTS) is 1. The molecule has 0 aromatic carbocycles. The molecule has 2 aliphatic rings. The molecule has 1 spiro atoms. The van der Waals surface area contributed by atoms with Crippen molar-refractivity contribution in [2.45, 2.75) is 38.1 Å². The van der Waals surface area contributed by atoms with Crippen molar-refractivity contribution in [1.29, 1.82) is 0 Å². The molecule has 2 atom stereocenters. The van der Waals surface area contributed by atoms with Gasteiger partial charge < -0.3 is 15.3 Å². The van der Waals surface area contributed by atoms with Crippen molar-refractivity contribution in [3.05, 3.63) is 0 Å². The maximum atomic E-state index is 11.1. The zero-order chi connectivity index (χ0) is 10.9. The fraction of sp³-hybridized carbons (Fsp3) is 0.909. The van der Waals surface area contributed by atoms with Gasteiger partial charge in [0.05, 0.1) is 5.54 Å². The number of nitrogens with zero attached hydrogens (tertiary/aromatic N) is 1. The molecule has 2 aliphatic heterocycles. The minimum absolute atomic E-state index is 0.0546. The fourth-order valence-electron chi connectivity index (χ4n) is 3.04. The molecule has 2 unspecified atom stereocenters. The summed E-state index contributed by atoms with van der Waals surface area (Å²) < 4.78 is 0. The number of hydrogen-bond acceptors (Lipinski definition) is 2. The molecule has 2 heterocycles. The van der Waals surface area contributed by atoms with Crippen molar-refractivity contribution in [3.8, 4) is 0 Å². The Kier molecular flexibility index (Phi) is 2.87. The SMILES string of the molecule is CCCCC1CN(C(=O)O)C12CCNC2. The first-order chi connectivity index (χ1) is 7.20. The van der Waals surface area contributed by atoms with Crippen LogP contribution in [0.4, 0.5) is 4.79 Å². The maximum absolute atomic E-state index is 11.1. The van der Waals surface area contributed by atoms with Gasteiger partial charge in [0.1, 0.15) is 0 Å². The largest absolute Gasteiger partial charge is 0.465 e. The summed E-state index contributed by atoms with van der Waals surface area (Å²) in [6, 6.07) is 0. The Morgan fingerprint density at radius 1 is 1.67 bits per heavy atom. The van der Waals surface area contributed by atoms with E-state index < -0.39 is 6.09 Å². The molecule has 4 nitrogen and oxygen atoms in total. The van der Waals surface area contributed by atoms with E-state index in [4.69, 9.17) is 5.11 Å². The van der Waals surface area contributed by atoms with E-state index in [9.17, 15) is 4.79 Å². The molecule has 0 radical (unpaired) electrons. The summed E-state index contributed by atoms with van der Waals surface area (Å²) in [6.07, 6.45) is 3.86. The van der Waals surface area contributed by atoms with Crippen LogP contribution < -0.4 is 5.32 Å². The lowest BCUT2D eigenvalue weighted by Crippen LogP contribution is -2.69. The predicted molar refractivity (Wildman–Crippen MR) is 58.0 cm³/mol. The molecule has 2 rings (SSSR count). The van der Waals surface area contributed by atoms with Gasteiger partial charge in [0, 0.05) is 19.0 Å². The van der Waals surface area contributed by atoms with Crippen molar-refractivity contribution in [1.82, 2.24) is 10.2 Å². The quantitative estimate of drug-likeness (QED) is 0.745. The summed E-state index contributed by atoms with van der Waals surface area (Å²) in [6.45, 7) is 4.75. The molecule has 0 aromatic heterocycles. The van der Waals surface area contributed by atoms with E-state index in [1.165, 1.54) is 19.3 Å². The Labute approximate surface area is 90.6 Å². The molecule has 2 N–H and O–H groups in total. The highest BCUT2D eigenvalue weighted by molar-refractivity contribution is 5.68. The van der Waals surface area contributed by atoms with Crippen LogP contribution in [-0.4, -0.2) is 41.3 Å². The molecule has 2 saturated heterocycles. The maximum Gasteiger partial charge on any atom is 0.407 e. The smallest absolute Gasteiger partial charge is 0.407 e. The monoisotopic (exact) mass is 212 g/mol. The number of likely N-dealkylation sites (tertiary alicyclic amines) is 1. The summed E-state index contributed by atoms with van der Waals surface area (Å²) in [5.41, 5.74) is -0.0546. The van der Waals surface area contributed by atoms with Crippen LogP contribution in [0.1, 0.15) is 32.6 Å². The van der Waals surface area contributed by atoms with Crippen molar-refractivity contribution in [3.63, 3.8) is 0 Å². The minimum Gasteiger partial charge on any atom is -0.465 e. The highest BCUT2D eigenvalue weighted by Gasteiger charge is 2.56. The topological polar surface area (TPSA) is 52.6 Å². The van der Waals surface area contributed by atoms with Crippen LogP contribution in [0.25, 0.3) is 0 Å².